The zero-order chi connectivity index (χ0) is 15.9. The maximum Gasteiger partial charge on any atom is 0.341 e. The minimum atomic E-state index is -0.354. The SMILES string of the molecule is CNCCN(CCOc1ccc(C)cc1C(=O)OC)C1CC1. The number of aryl methyl sites for hydroxylation is 1. The van der Waals surface area contributed by atoms with Gasteiger partial charge >= 0.3 is 5.97 Å². The molecule has 0 bridgehead atoms. The number of hydrogen-bond donors (Lipinski definition) is 1. The largest absolute Gasteiger partial charge is 0.491 e. The Morgan fingerprint density at radius 2 is 2.14 bits per heavy atom. The average molecular weight is 306 g/mol. The lowest BCUT2D eigenvalue weighted by molar-refractivity contribution is 0.0595. The average Bonchev–Trinajstić information content (AvgIpc) is 3.35. The molecule has 5 heteroatoms. The zero-order valence-electron chi connectivity index (χ0n) is 13.7. The zero-order valence-corrected chi connectivity index (χ0v) is 13.7. The van der Waals surface area contributed by atoms with Gasteiger partial charge in [0.05, 0.1) is 7.11 Å². The summed E-state index contributed by atoms with van der Waals surface area (Å²) in [5.74, 6) is 0.245. The number of carbonyl (C=O) groups is 1. The number of benzene rings is 1. The van der Waals surface area contributed by atoms with E-state index in [1.165, 1.54) is 20.0 Å². The van der Waals surface area contributed by atoms with Crippen molar-refractivity contribution in [3.8, 4) is 5.75 Å². The topological polar surface area (TPSA) is 50.8 Å². The minimum Gasteiger partial charge on any atom is -0.491 e. The van der Waals surface area contributed by atoms with Crippen LogP contribution in [-0.4, -0.2) is 57.3 Å². The van der Waals surface area contributed by atoms with E-state index in [1.807, 2.05) is 26.1 Å². The third kappa shape index (κ3) is 4.71. The molecule has 5 nitrogen and oxygen atoms in total. The Morgan fingerprint density at radius 1 is 1.36 bits per heavy atom. The molecule has 1 aromatic carbocycles. The number of hydrogen-bond acceptors (Lipinski definition) is 5. The van der Waals surface area contributed by atoms with Crippen LogP contribution in [0.1, 0.15) is 28.8 Å². The summed E-state index contributed by atoms with van der Waals surface area (Å²) in [6, 6.07) is 6.30. The van der Waals surface area contributed by atoms with Gasteiger partial charge < -0.3 is 14.8 Å². The van der Waals surface area contributed by atoms with Gasteiger partial charge in [0.25, 0.3) is 0 Å². The molecule has 0 atom stereocenters. The van der Waals surface area contributed by atoms with Crippen molar-refractivity contribution in [3.63, 3.8) is 0 Å². The molecule has 1 fully saturated rings. The molecule has 0 spiro atoms. The van der Waals surface area contributed by atoms with Gasteiger partial charge in [0.15, 0.2) is 0 Å². The highest BCUT2D eigenvalue weighted by molar-refractivity contribution is 5.92. The summed E-state index contributed by atoms with van der Waals surface area (Å²) in [6.07, 6.45) is 2.56. The normalized spacial score (nSPS) is 14.2. The van der Waals surface area contributed by atoms with E-state index < -0.39 is 0 Å². The Balaban J connectivity index is 1.91. The lowest BCUT2D eigenvalue weighted by Crippen LogP contribution is -2.35. The van der Waals surface area contributed by atoms with Gasteiger partial charge in [0.2, 0.25) is 0 Å². The highest BCUT2D eigenvalue weighted by Crippen LogP contribution is 2.26. The van der Waals surface area contributed by atoms with Crippen molar-refractivity contribution in [3.05, 3.63) is 29.3 Å². The third-order valence-corrected chi connectivity index (χ3v) is 3.89. The van der Waals surface area contributed by atoms with Crippen LogP contribution in [0.5, 0.6) is 5.75 Å². The lowest BCUT2D eigenvalue weighted by atomic mass is 10.1. The maximum atomic E-state index is 11.8. The molecule has 0 radical (unpaired) electrons. The van der Waals surface area contributed by atoms with Crippen LogP contribution < -0.4 is 10.1 Å². The first-order valence-corrected chi connectivity index (χ1v) is 7.86. The lowest BCUT2D eigenvalue weighted by Gasteiger charge is -2.22. The standard InChI is InChI=1S/C17H26N2O3/c1-13-4-7-16(15(12-13)17(20)21-3)22-11-10-19(9-8-18-2)14-5-6-14/h4,7,12,14,18H,5-6,8-11H2,1-3H3. The van der Waals surface area contributed by atoms with E-state index in [2.05, 4.69) is 10.2 Å². The van der Waals surface area contributed by atoms with Gasteiger partial charge in [0.1, 0.15) is 17.9 Å². The van der Waals surface area contributed by atoms with E-state index in [-0.39, 0.29) is 5.97 Å². The Kier molecular flexibility index (Phi) is 6.21. The number of carbonyl (C=O) groups excluding carboxylic acids is 1. The maximum absolute atomic E-state index is 11.8. The van der Waals surface area contributed by atoms with E-state index in [4.69, 9.17) is 9.47 Å². The van der Waals surface area contributed by atoms with Gasteiger partial charge in [-0.05, 0) is 38.9 Å². The van der Waals surface area contributed by atoms with Crippen molar-refractivity contribution < 1.29 is 14.3 Å². The molecule has 2 rings (SSSR count). The summed E-state index contributed by atoms with van der Waals surface area (Å²) in [6.45, 7) is 5.41. The van der Waals surface area contributed by atoms with Crippen molar-refractivity contribution >= 4 is 5.97 Å². The van der Waals surface area contributed by atoms with E-state index in [0.29, 0.717) is 24.0 Å². The van der Waals surface area contributed by atoms with Gasteiger partial charge in [-0.15, -0.1) is 0 Å². The summed E-state index contributed by atoms with van der Waals surface area (Å²) in [4.78, 5) is 14.3. The van der Waals surface area contributed by atoms with Gasteiger partial charge in [-0.3, -0.25) is 4.90 Å². The predicted molar refractivity (Wildman–Crippen MR) is 86.5 cm³/mol. The van der Waals surface area contributed by atoms with Crippen LogP contribution in [0.25, 0.3) is 0 Å². The predicted octanol–water partition coefficient (Wildman–Crippen LogP) is 1.84. The molecule has 22 heavy (non-hydrogen) atoms. The number of methoxy groups -OCH3 is 1. The fraction of sp³-hybridized carbons (Fsp3) is 0.588. The summed E-state index contributed by atoms with van der Waals surface area (Å²) in [5.41, 5.74) is 1.51. The van der Waals surface area contributed by atoms with E-state index in [0.717, 1.165) is 25.2 Å². The Morgan fingerprint density at radius 3 is 2.77 bits per heavy atom. The second-order valence-corrected chi connectivity index (χ2v) is 5.71. The van der Waals surface area contributed by atoms with Crippen molar-refractivity contribution in [2.75, 3.05) is 40.4 Å². The number of likely N-dealkylation sites (N-methyl/N-ethyl adjacent to an activating group) is 1. The van der Waals surface area contributed by atoms with Gasteiger partial charge in [-0.25, -0.2) is 4.79 Å². The Hall–Kier alpha value is -1.59. The minimum absolute atomic E-state index is 0.354. The molecule has 1 aliphatic carbocycles. The highest BCUT2D eigenvalue weighted by atomic mass is 16.5. The van der Waals surface area contributed by atoms with E-state index in [9.17, 15) is 4.79 Å². The summed E-state index contributed by atoms with van der Waals surface area (Å²) < 4.78 is 10.7. The van der Waals surface area contributed by atoms with Crippen molar-refractivity contribution in [1.82, 2.24) is 10.2 Å². The summed E-state index contributed by atoms with van der Waals surface area (Å²) in [7, 11) is 3.36. The number of nitrogens with one attached hydrogen (secondary N) is 1. The number of ether oxygens (including phenoxy) is 2. The first kappa shape index (κ1) is 16.8. The molecule has 122 valence electrons. The van der Waals surface area contributed by atoms with Crippen LogP contribution in [0.15, 0.2) is 18.2 Å². The number of esters is 1. The molecule has 1 N–H and O–H groups in total. The van der Waals surface area contributed by atoms with Crippen LogP contribution in [0, 0.1) is 6.92 Å². The van der Waals surface area contributed by atoms with Crippen molar-refractivity contribution in [2.45, 2.75) is 25.8 Å². The summed E-state index contributed by atoms with van der Waals surface area (Å²) in [5, 5.41) is 3.18. The van der Waals surface area contributed by atoms with Crippen LogP contribution in [0.3, 0.4) is 0 Å². The molecular weight excluding hydrogens is 280 g/mol. The third-order valence-electron chi connectivity index (χ3n) is 3.89. The number of nitrogens with zero attached hydrogens (tertiary/aromatic N) is 1. The Labute approximate surface area is 132 Å². The molecule has 0 heterocycles. The summed E-state index contributed by atoms with van der Waals surface area (Å²) >= 11 is 0. The molecule has 0 unspecified atom stereocenters. The smallest absolute Gasteiger partial charge is 0.341 e. The second kappa shape index (κ2) is 8.15. The quantitative estimate of drug-likeness (QED) is 0.706. The molecule has 0 aliphatic heterocycles. The van der Waals surface area contributed by atoms with Gasteiger partial charge in [0, 0.05) is 25.7 Å². The van der Waals surface area contributed by atoms with E-state index in [1.54, 1.807) is 6.07 Å². The molecule has 0 aromatic heterocycles. The fourth-order valence-corrected chi connectivity index (χ4v) is 2.48. The van der Waals surface area contributed by atoms with Crippen molar-refractivity contribution in [2.24, 2.45) is 0 Å². The first-order valence-electron chi connectivity index (χ1n) is 7.86. The molecule has 1 aromatic rings. The van der Waals surface area contributed by atoms with Crippen LogP contribution in [0.2, 0.25) is 0 Å². The van der Waals surface area contributed by atoms with Crippen LogP contribution >= 0.6 is 0 Å². The van der Waals surface area contributed by atoms with Crippen LogP contribution in [0.4, 0.5) is 0 Å². The van der Waals surface area contributed by atoms with Gasteiger partial charge in [-0.2, -0.15) is 0 Å². The Bertz CT molecular complexity index is 501. The monoisotopic (exact) mass is 306 g/mol. The fourth-order valence-electron chi connectivity index (χ4n) is 2.48. The second-order valence-electron chi connectivity index (χ2n) is 5.71. The van der Waals surface area contributed by atoms with Gasteiger partial charge in [-0.1, -0.05) is 11.6 Å². The highest BCUT2D eigenvalue weighted by Gasteiger charge is 2.28. The molecular formula is C17H26N2O3. The molecule has 0 saturated heterocycles. The first-order chi connectivity index (χ1) is 10.7. The molecule has 0 amide bonds. The molecule has 1 saturated carbocycles. The number of rotatable bonds is 9. The van der Waals surface area contributed by atoms with Crippen molar-refractivity contribution in [1.29, 1.82) is 0 Å². The van der Waals surface area contributed by atoms with E-state index >= 15 is 0 Å². The molecule has 1 aliphatic rings. The van der Waals surface area contributed by atoms with Crippen LogP contribution in [-0.2, 0) is 4.74 Å².